The highest BCUT2D eigenvalue weighted by Gasteiger charge is 2.07. The Morgan fingerprint density at radius 3 is 2.55 bits per heavy atom. The first-order valence-corrected chi connectivity index (χ1v) is 6.07. The molecule has 2 rings (SSSR count). The molecule has 2 amide bonds. The maximum Gasteiger partial charge on any atom is 0.247 e. The van der Waals surface area contributed by atoms with Crippen LogP contribution in [0, 0.1) is 6.92 Å². The van der Waals surface area contributed by atoms with Crippen LogP contribution in [0.4, 0.5) is 11.5 Å². The van der Waals surface area contributed by atoms with Crippen LogP contribution < -0.4 is 10.6 Å². The predicted molar refractivity (Wildman–Crippen MR) is 74.1 cm³/mol. The van der Waals surface area contributed by atoms with E-state index in [0.29, 0.717) is 5.82 Å². The van der Waals surface area contributed by atoms with Crippen molar-refractivity contribution < 1.29 is 9.59 Å². The molecule has 0 atom stereocenters. The van der Waals surface area contributed by atoms with Gasteiger partial charge in [0, 0.05) is 12.6 Å². The van der Waals surface area contributed by atoms with Crippen molar-refractivity contribution in [2.45, 2.75) is 20.4 Å². The van der Waals surface area contributed by atoms with Gasteiger partial charge >= 0.3 is 0 Å². The zero-order chi connectivity index (χ0) is 14.5. The van der Waals surface area contributed by atoms with Gasteiger partial charge in [-0.1, -0.05) is 17.7 Å². The van der Waals surface area contributed by atoms with Gasteiger partial charge in [0.2, 0.25) is 11.8 Å². The van der Waals surface area contributed by atoms with Crippen LogP contribution in [-0.4, -0.2) is 26.8 Å². The fourth-order valence-electron chi connectivity index (χ4n) is 1.58. The monoisotopic (exact) mass is 273 g/mol. The van der Waals surface area contributed by atoms with E-state index in [1.807, 2.05) is 31.2 Å². The van der Waals surface area contributed by atoms with Crippen LogP contribution in [-0.2, 0) is 16.1 Å². The number of nitrogens with one attached hydrogen (secondary N) is 2. The van der Waals surface area contributed by atoms with Gasteiger partial charge < -0.3 is 10.6 Å². The minimum atomic E-state index is -0.237. The molecule has 7 nitrogen and oxygen atoms in total. The van der Waals surface area contributed by atoms with E-state index in [-0.39, 0.29) is 18.4 Å². The first-order valence-electron chi connectivity index (χ1n) is 6.07. The van der Waals surface area contributed by atoms with Crippen molar-refractivity contribution in [2.75, 3.05) is 10.6 Å². The molecule has 0 unspecified atom stereocenters. The lowest BCUT2D eigenvalue weighted by Crippen LogP contribution is -2.20. The molecule has 0 aliphatic carbocycles. The van der Waals surface area contributed by atoms with Gasteiger partial charge in [-0.25, -0.2) is 0 Å². The third kappa shape index (κ3) is 3.91. The van der Waals surface area contributed by atoms with E-state index in [1.54, 1.807) is 0 Å². The van der Waals surface area contributed by atoms with Crippen LogP contribution in [0.15, 0.2) is 30.5 Å². The van der Waals surface area contributed by atoms with Crippen molar-refractivity contribution >= 4 is 23.3 Å². The Kier molecular flexibility index (Phi) is 4.09. The fourth-order valence-corrected chi connectivity index (χ4v) is 1.58. The maximum atomic E-state index is 11.8. The van der Waals surface area contributed by atoms with E-state index in [0.717, 1.165) is 11.3 Å². The third-order valence-corrected chi connectivity index (χ3v) is 2.46. The molecule has 2 N–H and O–H groups in total. The number of rotatable bonds is 4. The van der Waals surface area contributed by atoms with Gasteiger partial charge in [-0.3, -0.25) is 9.59 Å². The summed E-state index contributed by atoms with van der Waals surface area (Å²) in [6, 6.07) is 7.48. The molecule has 7 heteroatoms. The van der Waals surface area contributed by atoms with Gasteiger partial charge in [0.1, 0.15) is 6.54 Å². The summed E-state index contributed by atoms with van der Waals surface area (Å²) >= 11 is 0. The van der Waals surface area contributed by atoms with Crippen LogP contribution in [0.25, 0.3) is 0 Å². The van der Waals surface area contributed by atoms with Crippen molar-refractivity contribution in [3.05, 3.63) is 36.0 Å². The predicted octanol–water partition coefficient (Wildman–Crippen LogP) is 1.18. The molecular formula is C13H15N5O2. The summed E-state index contributed by atoms with van der Waals surface area (Å²) in [4.78, 5) is 23.9. The van der Waals surface area contributed by atoms with Gasteiger partial charge in [0.25, 0.3) is 0 Å². The Morgan fingerprint density at radius 1 is 1.20 bits per heavy atom. The topological polar surface area (TPSA) is 88.9 Å². The number of hydrogen-bond acceptors (Lipinski definition) is 4. The summed E-state index contributed by atoms with van der Waals surface area (Å²) in [5.74, 6) is -0.152. The molecule has 1 aromatic carbocycles. The number of aryl methyl sites for hydroxylation is 1. The molecule has 0 aliphatic heterocycles. The number of hydrogen-bond donors (Lipinski definition) is 2. The highest BCUT2D eigenvalue weighted by atomic mass is 16.2. The normalized spacial score (nSPS) is 10.1. The lowest BCUT2D eigenvalue weighted by molar-refractivity contribution is -0.117. The summed E-state index contributed by atoms with van der Waals surface area (Å²) in [6.07, 6.45) is 1.39. The van der Waals surface area contributed by atoms with Crippen molar-refractivity contribution in [1.29, 1.82) is 0 Å². The largest absolute Gasteiger partial charge is 0.324 e. The van der Waals surface area contributed by atoms with E-state index >= 15 is 0 Å². The Bertz CT molecular complexity index is 618. The minimum Gasteiger partial charge on any atom is -0.324 e. The van der Waals surface area contributed by atoms with Gasteiger partial charge in [-0.2, -0.15) is 9.90 Å². The fraction of sp³-hybridized carbons (Fsp3) is 0.231. The summed E-state index contributed by atoms with van der Waals surface area (Å²) in [7, 11) is 0. The lowest BCUT2D eigenvalue weighted by Gasteiger charge is -2.04. The van der Waals surface area contributed by atoms with E-state index < -0.39 is 0 Å². The second-order valence-corrected chi connectivity index (χ2v) is 4.36. The smallest absolute Gasteiger partial charge is 0.247 e. The van der Waals surface area contributed by atoms with E-state index in [2.05, 4.69) is 20.8 Å². The zero-order valence-corrected chi connectivity index (χ0v) is 11.3. The SMILES string of the molecule is CC(=O)Nc1cnn(CC(=O)Nc2ccc(C)cc2)n1. The van der Waals surface area contributed by atoms with Crippen molar-refractivity contribution in [3.63, 3.8) is 0 Å². The first kappa shape index (κ1) is 13.7. The minimum absolute atomic E-state index is 0.0204. The third-order valence-electron chi connectivity index (χ3n) is 2.46. The van der Waals surface area contributed by atoms with Crippen LogP contribution in [0.5, 0.6) is 0 Å². The van der Waals surface area contributed by atoms with Crippen molar-refractivity contribution in [1.82, 2.24) is 15.0 Å². The van der Waals surface area contributed by atoms with Gasteiger partial charge in [0.15, 0.2) is 5.82 Å². The Hall–Kier alpha value is -2.70. The molecule has 1 heterocycles. The van der Waals surface area contributed by atoms with Crippen LogP contribution in [0.2, 0.25) is 0 Å². The number of carbonyl (C=O) groups excluding carboxylic acids is 2. The van der Waals surface area contributed by atoms with Crippen molar-refractivity contribution in [3.8, 4) is 0 Å². The quantitative estimate of drug-likeness (QED) is 0.875. The summed E-state index contributed by atoms with van der Waals surface area (Å²) in [5.41, 5.74) is 1.84. The summed E-state index contributed by atoms with van der Waals surface area (Å²) < 4.78 is 0. The second kappa shape index (κ2) is 5.96. The first-order chi connectivity index (χ1) is 9.52. The molecule has 104 valence electrons. The van der Waals surface area contributed by atoms with E-state index in [9.17, 15) is 9.59 Å². The second-order valence-electron chi connectivity index (χ2n) is 4.36. The molecule has 20 heavy (non-hydrogen) atoms. The molecule has 0 spiro atoms. The number of aromatic nitrogens is 3. The standard InChI is InChI=1S/C13H15N5O2/c1-9-3-5-11(6-4-9)16-13(20)8-18-14-7-12(17-18)15-10(2)19/h3-7H,8H2,1-2H3,(H,16,20)(H,15,17,19). The van der Waals surface area contributed by atoms with Gasteiger partial charge in [-0.05, 0) is 19.1 Å². The van der Waals surface area contributed by atoms with E-state index in [4.69, 9.17) is 0 Å². The van der Waals surface area contributed by atoms with Crippen LogP contribution >= 0.6 is 0 Å². The van der Waals surface area contributed by atoms with E-state index in [1.165, 1.54) is 17.9 Å². The zero-order valence-electron chi connectivity index (χ0n) is 11.3. The number of benzene rings is 1. The lowest BCUT2D eigenvalue weighted by atomic mass is 10.2. The molecule has 1 aromatic heterocycles. The Labute approximate surface area is 116 Å². The number of carbonyl (C=O) groups is 2. The number of anilines is 2. The Balaban J connectivity index is 1.92. The molecule has 2 aromatic rings. The average Bonchev–Trinajstić information content (AvgIpc) is 2.78. The van der Waals surface area contributed by atoms with Gasteiger partial charge in [0.05, 0.1) is 6.20 Å². The Morgan fingerprint density at radius 2 is 1.90 bits per heavy atom. The van der Waals surface area contributed by atoms with Crippen molar-refractivity contribution in [2.24, 2.45) is 0 Å². The highest BCUT2D eigenvalue weighted by molar-refractivity contribution is 5.90. The summed E-state index contributed by atoms with van der Waals surface area (Å²) in [6.45, 7) is 3.33. The van der Waals surface area contributed by atoms with Gasteiger partial charge in [-0.15, -0.1) is 5.10 Å². The molecule has 0 aliphatic rings. The molecule has 0 fully saturated rings. The number of nitrogens with zero attached hydrogens (tertiary/aromatic N) is 3. The molecule has 0 bridgehead atoms. The van der Waals surface area contributed by atoms with Crippen LogP contribution in [0.3, 0.4) is 0 Å². The summed E-state index contributed by atoms with van der Waals surface area (Å²) in [5, 5.41) is 13.1. The van der Waals surface area contributed by atoms with Crippen LogP contribution in [0.1, 0.15) is 12.5 Å². The molecular weight excluding hydrogens is 258 g/mol. The average molecular weight is 273 g/mol. The highest BCUT2D eigenvalue weighted by Crippen LogP contribution is 2.08. The molecule has 0 saturated carbocycles. The molecule has 0 radical (unpaired) electrons. The number of amides is 2. The molecule has 0 saturated heterocycles. The maximum absolute atomic E-state index is 11.8.